The van der Waals surface area contributed by atoms with E-state index in [1.807, 2.05) is 19.1 Å². The quantitative estimate of drug-likeness (QED) is 0.506. The Morgan fingerprint density at radius 2 is 1.80 bits per heavy atom. The smallest absolute Gasteiger partial charge is 0.248 e. The number of amides is 1. The first-order valence-corrected chi connectivity index (χ1v) is 4.94. The second-order valence-corrected chi connectivity index (χ2v) is 3.01. The molecule has 1 rings (SSSR count). The van der Waals surface area contributed by atoms with Crippen molar-refractivity contribution in [2.45, 2.75) is 26.7 Å². The third-order valence-electron chi connectivity index (χ3n) is 2.27. The molecular weight excluding hydrogens is 190 g/mol. The maximum Gasteiger partial charge on any atom is 0.248 e. The molecule has 15 heavy (non-hydrogen) atoms. The molecule has 0 radical (unpaired) electrons. The number of nitrogens with two attached hydrogens (primary N) is 3. The van der Waals surface area contributed by atoms with Gasteiger partial charge in [-0.2, -0.15) is 0 Å². The van der Waals surface area contributed by atoms with Crippen LogP contribution < -0.4 is 17.4 Å². The maximum atomic E-state index is 11.1. The Morgan fingerprint density at radius 1 is 1.20 bits per heavy atom. The van der Waals surface area contributed by atoms with E-state index in [4.69, 9.17) is 5.73 Å². The van der Waals surface area contributed by atoms with Crippen LogP contribution >= 0.6 is 0 Å². The van der Waals surface area contributed by atoms with Gasteiger partial charge >= 0.3 is 0 Å². The van der Waals surface area contributed by atoms with Crippen LogP contribution in [0.25, 0.3) is 0 Å². The monoisotopic (exact) mass is 209 g/mol. The zero-order valence-electron chi connectivity index (χ0n) is 9.29. The van der Waals surface area contributed by atoms with Gasteiger partial charge in [0, 0.05) is 5.56 Å². The molecule has 1 amide bonds. The molecule has 0 atom stereocenters. The van der Waals surface area contributed by atoms with Crippen molar-refractivity contribution >= 4 is 5.91 Å². The number of primary amides is 1. The minimum atomic E-state index is -0.327. The zero-order chi connectivity index (χ0) is 11.8. The summed E-state index contributed by atoms with van der Waals surface area (Å²) < 4.78 is 0. The largest absolute Gasteiger partial charge is 0.366 e. The molecule has 0 aliphatic rings. The molecule has 0 spiro atoms. The van der Waals surface area contributed by atoms with Crippen LogP contribution in [0.5, 0.6) is 0 Å². The molecule has 6 N–H and O–H groups in total. The third-order valence-corrected chi connectivity index (χ3v) is 2.27. The summed E-state index contributed by atoms with van der Waals surface area (Å²) in [7, 11) is 0. The fraction of sp³-hybridized carbons (Fsp3) is 0.364. The molecule has 0 saturated carbocycles. The summed E-state index contributed by atoms with van der Waals surface area (Å²) in [4.78, 5) is 11.1. The van der Waals surface area contributed by atoms with Crippen LogP contribution in [0.4, 0.5) is 0 Å². The van der Waals surface area contributed by atoms with Gasteiger partial charge in [-0.1, -0.05) is 26.0 Å². The number of carbonyl (C=O) groups is 1. The van der Waals surface area contributed by atoms with E-state index in [1.54, 1.807) is 6.07 Å². The molecule has 0 aliphatic carbocycles. The summed E-state index contributed by atoms with van der Waals surface area (Å²) >= 11 is 0. The predicted molar refractivity (Wildman–Crippen MR) is 62.1 cm³/mol. The van der Waals surface area contributed by atoms with Crippen molar-refractivity contribution in [3.8, 4) is 0 Å². The SMILES string of the molecule is CCc1cccc(C(N)=O)c1CC.NN. The second kappa shape index (κ2) is 6.98. The van der Waals surface area contributed by atoms with E-state index in [1.165, 1.54) is 5.56 Å². The van der Waals surface area contributed by atoms with Crippen LogP contribution in [0.2, 0.25) is 0 Å². The van der Waals surface area contributed by atoms with Crippen molar-refractivity contribution < 1.29 is 4.79 Å². The van der Waals surface area contributed by atoms with Gasteiger partial charge in [-0.15, -0.1) is 0 Å². The summed E-state index contributed by atoms with van der Waals surface area (Å²) in [5.74, 6) is 7.67. The lowest BCUT2D eigenvalue weighted by Gasteiger charge is -2.09. The molecule has 0 unspecified atom stereocenters. The van der Waals surface area contributed by atoms with E-state index < -0.39 is 0 Å². The lowest BCUT2D eigenvalue weighted by molar-refractivity contribution is 0.0999. The van der Waals surface area contributed by atoms with E-state index >= 15 is 0 Å². The van der Waals surface area contributed by atoms with E-state index in [0.717, 1.165) is 18.4 Å². The fourth-order valence-electron chi connectivity index (χ4n) is 1.61. The molecule has 0 heterocycles. The van der Waals surface area contributed by atoms with Crippen molar-refractivity contribution in [2.75, 3.05) is 0 Å². The normalized spacial score (nSPS) is 9.07. The van der Waals surface area contributed by atoms with Crippen LogP contribution in [0.15, 0.2) is 18.2 Å². The summed E-state index contributed by atoms with van der Waals surface area (Å²) in [6.07, 6.45) is 1.81. The van der Waals surface area contributed by atoms with Crippen LogP contribution in [-0.2, 0) is 12.8 Å². The average molecular weight is 209 g/mol. The molecule has 1 aromatic carbocycles. The second-order valence-electron chi connectivity index (χ2n) is 3.01. The standard InChI is InChI=1S/C11H15NO.H4N2/c1-3-8-6-5-7-10(11(12)13)9(8)4-2;1-2/h5-7H,3-4H2,1-2H3,(H2,12,13);1-2H2. The number of hydrogen-bond donors (Lipinski definition) is 3. The molecule has 84 valence electrons. The molecule has 0 bridgehead atoms. The van der Waals surface area contributed by atoms with Gasteiger partial charge in [0.1, 0.15) is 0 Å². The van der Waals surface area contributed by atoms with Crippen molar-refractivity contribution in [3.05, 3.63) is 34.9 Å². The van der Waals surface area contributed by atoms with Gasteiger partial charge in [-0.05, 0) is 30.0 Å². The Hall–Kier alpha value is -1.39. The van der Waals surface area contributed by atoms with Gasteiger partial charge in [0.05, 0.1) is 0 Å². The van der Waals surface area contributed by atoms with Crippen LogP contribution in [0.1, 0.15) is 35.3 Å². The highest BCUT2D eigenvalue weighted by Gasteiger charge is 2.08. The van der Waals surface area contributed by atoms with E-state index in [2.05, 4.69) is 18.6 Å². The van der Waals surface area contributed by atoms with Crippen LogP contribution in [0.3, 0.4) is 0 Å². The summed E-state index contributed by atoms with van der Waals surface area (Å²) in [5, 5.41) is 0. The lowest BCUT2D eigenvalue weighted by atomic mass is 9.97. The number of aryl methyl sites for hydroxylation is 1. The van der Waals surface area contributed by atoms with Gasteiger partial charge in [0.15, 0.2) is 0 Å². The van der Waals surface area contributed by atoms with E-state index in [-0.39, 0.29) is 5.91 Å². The highest BCUT2D eigenvalue weighted by Crippen LogP contribution is 2.15. The molecule has 0 aromatic heterocycles. The first-order chi connectivity index (χ1) is 7.20. The number of benzene rings is 1. The molecule has 0 fully saturated rings. The Bertz CT molecular complexity index is 324. The molecular formula is C11H19N3O. The maximum absolute atomic E-state index is 11.1. The molecule has 4 heteroatoms. The zero-order valence-corrected chi connectivity index (χ0v) is 9.29. The van der Waals surface area contributed by atoms with E-state index in [0.29, 0.717) is 5.56 Å². The Balaban J connectivity index is 0.000000921. The van der Waals surface area contributed by atoms with Crippen molar-refractivity contribution in [2.24, 2.45) is 17.4 Å². The van der Waals surface area contributed by atoms with Gasteiger partial charge < -0.3 is 5.73 Å². The number of carbonyl (C=O) groups excluding carboxylic acids is 1. The van der Waals surface area contributed by atoms with Crippen molar-refractivity contribution in [1.82, 2.24) is 0 Å². The third kappa shape index (κ3) is 3.34. The molecule has 0 aliphatic heterocycles. The van der Waals surface area contributed by atoms with Crippen LogP contribution in [-0.4, -0.2) is 5.91 Å². The van der Waals surface area contributed by atoms with Gasteiger partial charge in [0.25, 0.3) is 0 Å². The predicted octanol–water partition coefficient (Wildman–Crippen LogP) is 0.729. The van der Waals surface area contributed by atoms with Gasteiger partial charge in [-0.3, -0.25) is 16.5 Å². The fourth-order valence-corrected chi connectivity index (χ4v) is 1.61. The summed E-state index contributed by atoms with van der Waals surface area (Å²) in [6, 6.07) is 5.73. The molecule has 1 aromatic rings. The Kier molecular flexibility index (Phi) is 6.33. The summed E-state index contributed by atoms with van der Waals surface area (Å²) in [5.41, 5.74) is 8.26. The van der Waals surface area contributed by atoms with Crippen molar-refractivity contribution in [1.29, 1.82) is 0 Å². The minimum Gasteiger partial charge on any atom is -0.366 e. The first-order valence-electron chi connectivity index (χ1n) is 4.94. The highest BCUT2D eigenvalue weighted by molar-refractivity contribution is 5.94. The Morgan fingerprint density at radius 3 is 2.20 bits per heavy atom. The lowest BCUT2D eigenvalue weighted by Crippen LogP contribution is -2.14. The van der Waals surface area contributed by atoms with Crippen LogP contribution in [0, 0.1) is 0 Å². The average Bonchev–Trinajstić information content (AvgIpc) is 2.30. The van der Waals surface area contributed by atoms with Gasteiger partial charge in [0.2, 0.25) is 5.91 Å². The molecule has 4 nitrogen and oxygen atoms in total. The Labute approximate surface area is 90.4 Å². The number of hydrogen-bond acceptors (Lipinski definition) is 3. The number of rotatable bonds is 3. The van der Waals surface area contributed by atoms with Gasteiger partial charge in [-0.25, -0.2) is 0 Å². The summed E-state index contributed by atoms with van der Waals surface area (Å²) in [6.45, 7) is 4.13. The minimum absolute atomic E-state index is 0.327. The van der Waals surface area contributed by atoms with E-state index in [9.17, 15) is 4.79 Å². The molecule has 0 saturated heterocycles. The topological polar surface area (TPSA) is 95.1 Å². The van der Waals surface area contributed by atoms with Crippen molar-refractivity contribution in [3.63, 3.8) is 0 Å². The number of hydrazine groups is 1. The first kappa shape index (κ1) is 13.6. The highest BCUT2D eigenvalue weighted by atomic mass is 16.1.